The molecule has 2 N–H and O–H groups in total. The van der Waals surface area contributed by atoms with E-state index in [1.807, 2.05) is 13.8 Å². The minimum atomic E-state index is -0.264. The fourth-order valence-electron chi connectivity index (χ4n) is 3.08. The lowest BCUT2D eigenvalue weighted by Gasteiger charge is -2.22. The topological polar surface area (TPSA) is 93.2 Å². The predicted octanol–water partition coefficient (Wildman–Crippen LogP) is 1.29. The molecule has 3 rings (SSSR count). The zero-order valence-corrected chi connectivity index (χ0v) is 16.3. The average Bonchev–Trinajstić information content (AvgIpc) is 3.14. The predicted molar refractivity (Wildman–Crippen MR) is 100 cm³/mol. The van der Waals surface area contributed by atoms with Gasteiger partial charge in [0.15, 0.2) is 0 Å². The first-order valence-corrected chi connectivity index (χ1v) is 8.93. The summed E-state index contributed by atoms with van der Waals surface area (Å²) in [7, 11) is 3.48. The number of aryl methyl sites for hydroxylation is 2. The fourth-order valence-corrected chi connectivity index (χ4v) is 3.32. The van der Waals surface area contributed by atoms with Crippen LogP contribution < -0.4 is 10.6 Å². The van der Waals surface area contributed by atoms with E-state index in [4.69, 9.17) is 17.3 Å². The molecule has 0 aliphatic carbocycles. The van der Waals surface area contributed by atoms with E-state index >= 15 is 0 Å². The van der Waals surface area contributed by atoms with Crippen LogP contribution in [0.5, 0.6) is 0 Å². The molecule has 8 nitrogen and oxygen atoms in total. The van der Waals surface area contributed by atoms with Gasteiger partial charge in [0, 0.05) is 50.7 Å². The van der Waals surface area contributed by atoms with E-state index in [1.54, 1.807) is 25.0 Å². The minimum Gasteiger partial charge on any atom is -0.355 e. The monoisotopic (exact) mass is 377 g/mol. The Bertz CT molecular complexity index is 835. The van der Waals surface area contributed by atoms with E-state index in [2.05, 4.69) is 20.0 Å². The van der Waals surface area contributed by atoms with Crippen molar-refractivity contribution >= 4 is 23.3 Å². The van der Waals surface area contributed by atoms with Crippen LogP contribution in [0, 0.1) is 13.8 Å². The van der Waals surface area contributed by atoms with Crippen molar-refractivity contribution in [2.45, 2.75) is 32.9 Å². The molecule has 0 unspecified atom stereocenters. The van der Waals surface area contributed by atoms with Crippen LogP contribution in [0.3, 0.4) is 0 Å². The number of anilines is 1. The van der Waals surface area contributed by atoms with Gasteiger partial charge in [0.05, 0.1) is 11.6 Å². The van der Waals surface area contributed by atoms with Crippen LogP contribution in [0.2, 0.25) is 5.02 Å². The lowest BCUT2D eigenvalue weighted by atomic mass is 10.2. The normalized spacial score (nSPS) is 17.0. The van der Waals surface area contributed by atoms with E-state index in [0.29, 0.717) is 17.3 Å². The standard InChI is InChI=1S/C17H24ClN7O/c1-10-11(2)20-15(21-16(10)25-6-5-12(19)7-25)17(26)23(3)9-14-13(18)8-24(4)22-14/h8,12H,5-7,9,19H2,1-4H3/t12-/m1/s1. The molecule has 0 spiro atoms. The van der Waals surface area contributed by atoms with Gasteiger partial charge in [0.1, 0.15) is 11.5 Å². The Labute approximate surface area is 158 Å². The number of aromatic nitrogens is 4. The van der Waals surface area contributed by atoms with Gasteiger partial charge in [-0.1, -0.05) is 11.6 Å². The Morgan fingerprint density at radius 2 is 2.15 bits per heavy atom. The maximum absolute atomic E-state index is 12.8. The van der Waals surface area contributed by atoms with Crippen LogP contribution >= 0.6 is 11.6 Å². The van der Waals surface area contributed by atoms with Crippen molar-refractivity contribution in [3.63, 3.8) is 0 Å². The highest BCUT2D eigenvalue weighted by Gasteiger charge is 2.25. The molecule has 1 saturated heterocycles. The summed E-state index contributed by atoms with van der Waals surface area (Å²) in [4.78, 5) is 25.4. The van der Waals surface area contributed by atoms with Crippen molar-refractivity contribution < 1.29 is 4.79 Å². The van der Waals surface area contributed by atoms with E-state index in [-0.39, 0.29) is 17.8 Å². The lowest BCUT2D eigenvalue weighted by Crippen LogP contribution is -2.31. The maximum atomic E-state index is 12.8. The number of halogens is 1. The van der Waals surface area contributed by atoms with Crippen LogP contribution in [-0.2, 0) is 13.6 Å². The molecule has 3 heterocycles. The van der Waals surface area contributed by atoms with Crippen molar-refractivity contribution in [3.05, 3.63) is 34.0 Å². The van der Waals surface area contributed by atoms with Gasteiger partial charge in [-0.2, -0.15) is 5.10 Å². The van der Waals surface area contributed by atoms with Crippen molar-refractivity contribution in [3.8, 4) is 0 Å². The molecule has 26 heavy (non-hydrogen) atoms. The molecular formula is C17H24ClN7O. The highest BCUT2D eigenvalue weighted by atomic mass is 35.5. The van der Waals surface area contributed by atoms with E-state index in [0.717, 1.165) is 36.6 Å². The molecule has 9 heteroatoms. The second kappa shape index (κ2) is 7.20. The molecule has 2 aromatic rings. The Morgan fingerprint density at radius 3 is 2.73 bits per heavy atom. The number of carbonyl (C=O) groups excluding carboxylic acids is 1. The minimum absolute atomic E-state index is 0.137. The molecule has 1 aliphatic rings. The van der Waals surface area contributed by atoms with Gasteiger partial charge in [0.2, 0.25) is 5.82 Å². The summed E-state index contributed by atoms with van der Waals surface area (Å²) in [6.07, 6.45) is 2.63. The number of rotatable bonds is 4. The van der Waals surface area contributed by atoms with Gasteiger partial charge in [-0.25, -0.2) is 9.97 Å². The molecule has 0 saturated carbocycles. The van der Waals surface area contributed by atoms with Crippen LogP contribution in [0.1, 0.15) is 34.0 Å². The zero-order valence-electron chi connectivity index (χ0n) is 15.5. The molecule has 1 aliphatic heterocycles. The summed E-state index contributed by atoms with van der Waals surface area (Å²) in [5.41, 5.74) is 8.43. The average molecular weight is 378 g/mol. The van der Waals surface area contributed by atoms with Gasteiger partial charge in [-0.05, 0) is 20.3 Å². The fraction of sp³-hybridized carbons (Fsp3) is 0.529. The zero-order chi connectivity index (χ0) is 19.0. The van der Waals surface area contributed by atoms with Crippen LogP contribution in [0.4, 0.5) is 5.82 Å². The van der Waals surface area contributed by atoms with Crippen LogP contribution in [-0.4, -0.2) is 56.7 Å². The Balaban J connectivity index is 1.84. The number of nitrogens with zero attached hydrogens (tertiary/aromatic N) is 6. The Kier molecular flexibility index (Phi) is 5.15. The molecule has 0 bridgehead atoms. The molecule has 0 aromatic carbocycles. The first kappa shape index (κ1) is 18.6. The second-order valence-electron chi connectivity index (χ2n) is 6.83. The van der Waals surface area contributed by atoms with E-state index in [1.165, 1.54) is 4.90 Å². The van der Waals surface area contributed by atoms with E-state index in [9.17, 15) is 4.79 Å². The summed E-state index contributed by atoms with van der Waals surface area (Å²) in [6.45, 7) is 5.73. The molecule has 1 atom stereocenters. The molecule has 1 amide bonds. The number of nitrogens with two attached hydrogens (primary N) is 1. The first-order chi connectivity index (χ1) is 12.3. The largest absolute Gasteiger partial charge is 0.355 e. The molecule has 1 fully saturated rings. The molecule has 140 valence electrons. The van der Waals surface area contributed by atoms with Crippen LogP contribution in [0.25, 0.3) is 0 Å². The van der Waals surface area contributed by atoms with Gasteiger partial charge in [0.25, 0.3) is 5.91 Å². The summed E-state index contributed by atoms with van der Waals surface area (Å²) < 4.78 is 1.62. The van der Waals surface area contributed by atoms with E-state index < -0.39 is 0 Å². The summed E-state index contributed by atoms with van der Waals surface area (Å²) in [5, 5.41) is 4.80. The van der Waals surface area contributed by atoms with Crippen molar-refractivity contribution in [2.75, 3.05) is 25.0 Å². The summed E-state index contributed by atoms with van der Waals surface area (Å²) in [6, 6.07) is 0.137. The highest BCUT2D eigenvalue weighted by Crippen LogP contribution is 2.24. The van der Waals surface area contributed by atoms with Gasteiger partial charge < -0.3 is 15.5 Å². The lowest BCUT2D eigenvalue weighted by molar-refractivity contribution is 0.0771. The number of amides is 1. The quantitative estimate of drug-likeness (QED) is 0.862. The number of hydrogen-bond acceptors (Lipinski definition) is 6. The van der Waals surface area contributed by atoms with Crippen molar-refractivity contribution in [2.24, 2.45) is 12.8 Å². The second-order valence-corrected chi connectivity index (χ2v) is 7.24. The third-order valence-corrected chi connectivity index (χ3v) is 4.98. The van der Waals surface area contributed by atoms with Gasteiger partial charge in [-0.15, -0.1) is 0 Å². The summed E-state index contributed by atoms with van der Waals surface area (Å²) in [5.74, 6) is 0.704. The third-order valence-electron chi connectivity index (χ3n) is 4.67. The third kappa shape index (κ3) is 3.66. The number of carbonyl (C=O) groups is 1. The maximum Gasteiger partial charge on any atom is 0.291 e. The Hall–Kier alpha value is -2.19. The number of hydrogen-bond donors (Lipinski definition) is 1. The molecule has 0 radical (unpaired) electrons. The Morgan fingerprint density at radius 1 is 1.42 bits per heavy atom. The molecular weight excluding hydrogens is 354 g/mol. The van der Waals surface area contributed by atoms with Gasteiger partial charge >= 0.3 is 0 Å². The highest BCUT2D eigenvalue weighted by molar-refractivity contribution is 6.31. The first-order valence-electron chi connectivity index (χ1n) is 8.55. The smallest absolute Gasteiger partial charge is 0.291 e. The van der Waals surface area contributed by atoms with Crippen molar-refractivity contribution in [1.82, 2.24) is 24.6 Å². The summed E-state index contributed by atoms with van der Waals surface area (Å²) >= 11 is 6.14. The van der Waals surface area contributed by atoms with Gasteiger partial charge in [-0.3, -0.25) is 9.48 Å². The van der Waals surface area contributed by atoms with Crippen LogP contribution in [0.15, 0.2) is 6.20 Å². The molecule has 2 aromatic heterocycles. The SMILES string of the molecule is Cc1nc(C(=O)N(C)Cc2nn(C)cc2Cl)nc(N2CC[C@@H](N)C2)c1C. The van der Waals surface area contributed by atoms with Crippen molar-refractivity contribution in [1.29, 1.82) is 0 Å².